The normalized spacial score (nSPS) is 19.2. The van der Waals surface area contributed by atoms with Gasteiger partial charge in [0.25, 0.3) is 21.9 Å². The fraction of sp³-hybridized carbons (Fsp3) is 0.125. The number of thioether (sulfide) groups is 2. The Kier molecular flexibility index (Phi) is 9.63. The molecule has 48 heavy (non-hydrogen) atoms. The van der Waals surface area contributed by atoms with Crippen LogP contribution in [0.5, 0.6) is 0 Å². The maximum absolute atomic E-state index is 13.4. The first-order valence-corrected chi connectivity index (χ1v) is 16.2. The van der Waals surface area contributed by atoms with Gasteiger partial charge in [-0.3, -0.25) is 39.6 Å². The molecule has 2 saturated heterocycles. The molecular weight excluding hydrogens is 657 g/mol. The number of carbonyl (C=O) groups excluding carboxylic acids is 2. The van der Waals surface area contributed by atoms with E-state index < -0.39 is 20.6 Å². The molecule has 2 amide bonds. The smallest absolute Gasteiger partial charge is 0.289 e. The lowest BCUT2D eigenvalue weighted by Gasteiger charge is -2.20. The lowest BCUT2D eigenvalue weighted by molar-refractivity contribution is -0.385. The van der Waals surface area contributed by atoms with Gasteiger partial charge >= 0.3 is 0 Å². The van der Waals surface area contributed by atoms with Crippen LogP contribution in [-0.4, -0.2) is 52.5 Å². The highest BCUT2D eigenvalue weighted by molar-refractivity contribution is 8.15. The summed E-state index contributed by atoms with van der Waals surface area (Å²) in [7, 11) is 0. The Hall–Kier alpha value is -5.74. The number of nitrogens with one attached hydrogen (secondary N) is 2. The molecule has 2 fully saturated rings. The second-order valence-electron chi connectivity index (χ2n) is 10.5. The predicted molar refractivity (Wildman–Crippen MR) is 186 cm³/mol. The highest BCUT2D eigenvalue weighted by Crippen LogP contribution is 2.34. The summed E-state index contributed by atoms with van der Waals surface area (Å²) in [4.78, 5) is 51.1. The van der Waals surface area contributed by atoms with Crippen molar-refractivity contribution in [3.8, 4) is 0 Å². The van der Waals surface area contributed by atoms with Crippen LogP contribution < -0.4 is 10.6 Å². The van der Waals surface area contributed by atoms with E-state index in [-0.39, 0.29) is 46.6 Å². The second-order valence-corrected chi connectivity index (χ2v) is 12.6. The molecule has 0 aliphatic carbocycles. The lowest BCUT2D eigenvalue weighted by atomic mass is 10.2. The van der Waals surface area contributed by atoms with Crippen LogP contribution in [0.25, 0.3) is 0 Å². The van der Waals surface area contributed by atoms with Gasteiger partial charge in [0, 0.05) is 35.6 Å². The topological polar surface area (TPSA) is 176 Å². The van der Waals surface area contributed by atoms with Crippen LogP contribution in [0.4, 0.5) is 32.3 Å². The number of anilines is 2. The van der Waals surface area contributed by atoms with Crippen LogP contribution in [0, 0.1) is 20.2 Å². The van der Waals surface area contributed by atoms with Crippen LogP contribution in [-0.2, 0) is 13.1 Å². The van der Waals surface area contributed by atoms with Gasteiger partial charge in [-0.1, -0.05) is 60.7 Å². The SMILES string of the molecule is O=C1SC(Nc2ccc([N+](=O)[O-])cc2)C(=N/N=C2\C(Nc3ccc([N+](=O)[O-])cc3)SC(=O)N2Cc2ccccc2)N1Cc1ccccc1. The number of hydrogen-bond donors (Lipinski definition) is 2. The van der Waals surface area contributed by atoms with Crippen molar-refractivity contribution in [3.05, 3.63) is 141 Å². The molecule has 2 heterocycles. The fourth-order valence-corrected chi connectivity index (χ4v) is 6.82. The van der Waals surface area contributed by atoms with E-state index in [9.17, 15) is 29.8 Å². The van der Waals surface area contributed by atoms with Gasteiger partial charge in [0.1, 0.15) is 10.7 Å². The molecule has 16 heteroatoms. The minimum Gasteiger partial charge on any atom is -0.367 e. The molecule has 2 N–H and O–H groups in total. The second kappa shape index (κ2) is 14.4. The Morgan fingerprint density at radius 1 is 0.583 bits per heavy atom. The van der Waals surface area contributed by atoms with Crippen molar-refractivity contribution < 1.29 is 19.4 Å². The molecule has 0 radical (unpaired) electrons. The van der Waals surface area contributed by atoms with E-state index in [4.69, 9.17) is 0 Å². The van der Waals surface area contributed by atoms with Crippen LogP contribution in [0.3, 0.4) is 0 Å². The molecule has 2 atom stereocenters. The van der Waals surface area contributed by atoms with Crippen molar-refractivity contribution in [2.75, 3.05) is 10.6 Å². The summed E-state index contributed by atoms with van der Waals surface area (Å²) in [5, 5.41) is 36.0. The van der Waals surface area contributed by atoms with E-state index in [1.165, 1.54) is 34.1 Å². The molecule has 2 unspecified atom stereocenters. The van der Waals surface area contributed by atoms with Crippen molar-refractivity contribution in [2.24, 2.45) is 10.2 Å². The van der Waals surface area contributed by atoms with Gasteiger partial charge in [-0.2, -0.15) is 0 Å². The van der Waals surface area contributed by atoms with E-state index in [0.717, 1.165) is 34.7 Å². The largest absolute Gasteiger partial charge is 0.367 e. The molecule has 0 bridgehead atoms. The molecule has 14 nitrogen and oxygen atoms in total. The third kappa shape index (κ3) is 7.45. The van der Waals surface area contributed by atoms with Gasteiger partial charge in [-0.15, -0.1) is 10.2 Å². The Labute approximate surface area is 282 Å². The monoisotopic (exact) mass is 682 g/mol. The van der Waals surface area contributed by atoms with Gasteiger partial charge in [-0.25, -0.2) is 0 Å². The van der Waals surface area contributed by atoms with Gasteiger partial charge in [-0.05, 0) is 58.9 Å². The number of nitro groups is 2. The zero-order chi connectivity index (χ0) is 33.6. The summed E-state index contributed by atoms with van der Waals surface area (Å²) in [5.74, 6) is 0.551. The molecule has 0 aromatic heterocycles. The van der Waals surface area contributed by atoms with Crippen molar-refractivity contribution in [2.45, 2.75) is 23.8 Å². The number of benzene rings is 4. The number of non-ortho nitro benzene ring substituents is 2. The summed E-state index contributed by atoms with van der Waals surface area (Å²) in [6, 6.07) is 30.4. The average Bonchev–Trinajstić information content (AvgIpc) is 3.54. The number of amides is 2. The van der Waals surface area contributed by atoms with Crippen molar-refractivity contribution >= 4 is 68.4 Å². The summed E-state index contributed by atoms with van der Waals surface area (Å²) in [5.41, 5.74) is 2.63. The first-order chi connectivity index (χ1) is 23.2. The Bertz CT molecular complexity index is 1750. The molecule has 2 aliphatic rings. The minimum absolute atomic E-state index is 0.0739. The first kappa shape index (κ1) is 32.2. The quantitative estimate of drug-likeness (QED) is 0.122. The van der Waals surface area contributed by atoms with Crippen LogP contribution in [0.2, 0.25) is 0 Å². The third-order valence-corrected chi connectivity index (χ3v) is 9.25. The summed E-state index contributed by atoms with van der Waals surface area (Å²) >= 11 is 1.97. The van der Waals surface area contributed by atoms with E-state index in [1.54, 1.807) is 24.3 Å². The van der Waals surface area contributed by atoms with E-state index in [0.29, 0.717) is 11.4 Å². The average molecular weight is 683 g/mol. The molecular formula is C32H26N8O6S2. The first-order valence-electron chi connectivity index (χ1n) is 14.5. The number of amidine groups is 2. The highest BCUT2D eigenvalue weighted by Gasteiger charge is 2.41. The van der Waals surface area contributed by atoms with Gasteiger partial charge in [0.15, 0.2) is 11.7 Å². The Morgan fingerprint density at radius 3 is 1.27 bits per heavy atom. The summed E-state index contributed by atoms with van der Waals surface area (Å²) in [6.07, 6.45) is 0. The van der Waals surface area contributed by atoms with E-state index in [2.05, 4.69) is 20.8 Å². The number of carbonyl (C=O) groups is 2. The Morgan fingerprint density at radius 2 is 0.938 bits per heavy atom. The lowest BCUT2D eigenvalue weighted by Crippen LogP contribution is -2.36. The summed E-state index contributed by atoms with van der Waals surface area (Å²) < 4.78 is 0. The summed E-state index contributed by atoms with van der Waals surface area (Å²) in [6.45, 7) is 0.418. The maximum atomic E-state index is 13.4. The number of rotatable bonds is 11. The van der Waals surface area contributed by atoms with Gasteiger partial charge in [0.05, 0.1) is 22.9 Å². The third-order valence-electron chi connectivity index (χ3n) is 7.27. The maximum Gasteiger partial charge on any atom is 0.289 e. The molecule has 4 aromatic rings. The van der Waals surface area contributed by atoms with E-state index >= 15 is 0 Å². The zero-order valence-corrected chi connectivity index (χ0v) is 26.5. The fourth-order valence-electron chi connectivity index (χ4n) is 4.89. The molecule has 4 aromatic carbocycles. The molecule has 0 spiro atoms. The molecule has 6 rings (SSSR count). The standard InChI is InChI=1S/C32H26N8O6S2/c41-31-37(19-21-7-3-1-4-8-21)27(29(47-31)33-23-11-15-25(16-12-23)39(43)44)35-36-28-30(34-24-13-17-26(18-14-24)40(45)46)48-32(42)38(28)20-22-9-5-2-6-10-22/h1-18,29-30,33-34H,19-20H2/b35-27+,36-28?. The highest BCUT2D eigenvalue weighted by atomic mass is 32.2. The van der Waals surface area contributed by atoms with Crippen molar-refractivity contribution in [3.63, 3.8) is 0 Å². The number of nitrogens with zero attached hydrogens (tertiary/aromatic N) is 6. The Balaban J connectivity index is 1.37. The zero-order valence-electron chi connectivity index (χ0n) is 24.9. The van der Waals surface area contributed by atoms with Crippen molar-refractivity contribution in [1.82, 2.24) is 9.80 Å². The molecule has 242 valence electrons. The van der Waals surface area contributed by atoms with Gasteiger partial charge in [0.2, 0.25) is 0 Å². The van der Waals surface area contributed by atoms with Crippen LogP contribution in [0.1, 0.15) is 11.1 Å². The number of hydrogen-bond acceptors (Lipinski definition) is 12. The van der Waals surface area contributed by atoms with Gasteiger partial charge < -0.3 is 10.6 Å². The number of nitro benzene ring substituents is 2. The predicted octanol–water partition coefficient (Wildman–Crippen LogP) is 7.13. The molecule has 2 aliphatic heterocycles. The molecule has 0 saturated carbocycles. The van der Waals surface area contributed by atoms with E-state index in [1.807, 2.05) is 60.7 Å². The van der Waals surface area contributed by atoms with Crippen LogP contribution in [0.15, 0.2) is 119 Å². The van der Waals surface area contributed by atoms with Crippen molar-refractivity contribution in [1.29, 1.82) is 0 Å². The van der Waals surface area contributed by atoms with Crippen LogP contribution >= 0.6 is 23.5 Å². The minimum atomic E-state index is -0.708.